The molecule has 0 fully saturated rings. The van der Waals surface area contributed by atoms with Gasteiger partial charge in [0, 0.05) is 6.20 Å². The molecule has 1 aromatic carbocycles. The van der Waals surface area contributed by atoms with Crippen LogP contribution in [0.15, 0.2) is 42.6 Å². The van der Waals surface area contributed by atoms with Crippen LogP contribution in [0.25, 0.3) is 11.1 Å². The Kier molecular flexibility index (Phi) is 3.36. The Morgan fingerprint density at radius 3 is 2.22 bits per heavy atom. The van der Waals surface area contributed by atoms with E-state index in [1.807, 2.05) is 31.2 Å². The summed E-state index contributed by atoms with van der Waals surface area (Å²) in [4.78, 5) is 3.34. The van der Waals surface area contributed by atoms with Crippen molar-refractivity contribution in [1.29, 1.82) is 0 Å². The van der Waals surface area contributed by atoms with Crippen LogP contribution in [-0.4, -0.2) is 4.98 Å². The molecule has 0 atom stereocenters. The molecular weight excluding hydrogens is 239 g/mol. The quantitative estimate of drug-likeness (QED) is 0.774. The Hall–Kier alpha value is -1.84. The molecule has 0 unspecified atom stereocenters. The molecule has 4 heteroatoms. The van der Waals surface area contributed by atoms with Crippen molar-refractivity contribution in [3.05, 3.63) is 53.9 Å². The molecule has 0 amide bonds. The van der Waals surface area contributed by atoms with Crippen molar-refractivity contribution in [2.45, 2.75) is 19.5 Å². The van der Waals surface area contributed by atoms with E-state index in [1.165, 1.54) is 6.20 Å². The maximum atomic E-state index is 12.5. The molecule has 0 radical (unpaired) electrons. The van der Waals surface area contributed by atoms with Gasteiger partial charge in [0.1, 0.15) is 5.69 Å². The van der Waals surface area contributed by atoms with E-state index in [1.54, 1.807) is 6.07 Å². The fourth-order valence-electron chi connectivity index (χ4n) is 1.70. The van der Waals surface area contributed by atoms with Crippen molar-refractivity contribution in [2.24, 2.45) is 0 Å². The highest BCUT2D eigenvalue weighted by Gasteiger charge is 2.32. The van der Waals surface area contributed by atoms with Crippen LogP contribution < -0.4 is 0 Å². The van der Waals surface area contributed by atoms with Crippen LogP contribution in [0.2, 0.25) is 0 Å². The van der Waals surface area contributed by atoms with Crippen molar-refractivity contribution in [3.63, 3.8) is 0 Å². The fourth-order valence-corrected chi connectivity index (χ4v) is 1.70. The lowest BCUT2D eigenvalue weighted by molar-refractivity contribution is -0.141. The second-order valence-electron chi connectivity index (χ2n) is 3.98. The first-order valence-electron chi connectivity index (χ1n) is 5.63. The zero-order valence-electron chi connectivity index (χ0n) is 9.83. The molecule has 2 rings (SSSR count). The third kappa shape index (κ3) is 2.70. The first kappa shape index (κ1) is 12.6. The van der Waals surface area contributed by atoms with Crippen LogP contribution >= 0.6 is 0 Å². The summed E-state index contributed by atoms with van der Waals surface area (Å²) in [6, 6.07) is 10.1. The second kappa shape index (κ2) is 4.80. The molecule has 1 heterocycles. The number of nitrogens with zero attached hydrogens (tertiary/aromatic N) is 1. The van der Waals surface area contributed by atoms with Crippen molar-refractivity contribution < 1.29 is 13.2 Å². The van der Waals surface area contributed by atoms with E-state index in [-0.39, 0.29) is 0 Å². The fraction of sp³-hybridized carbons (Fsp3) is 0.214. The number of halogens is 3. The smallest absolute Gasteiger partial charge is 0.252 e. The van der Waals surface area contributed by atoms with Gasteiger partial charge in [-0.05, 0) is 35.2 Å². The highest BCUT2D eigenvalue weighted by Crippen LogP contribution is 2.30. The predicted molar refractivity (Wildman–Crippen MR) is 64.1 cm³/mol. The van der Waals surface area contributed by atoms with Gasteiger partial charge in [-0.15, -0.1) is 0 Å². The molecule has 0 spiro atoms. The molecule has 0 saturated carbocycles. The van der Waals surface area contributed by atoms with Gasteiger partial charge in [0.25, 0.3) is 0 Å². The molecule has 0 N–H and O–H groups in total. The van der Waals surface area contributed by atoms with Crippen LogP contribution in [0.5, 0.6) is 0 Å². The Balaban J connectivity index is 2.38. The van der Waals surface area contributed by atoms with Gasteiger partial charge in [0.05, 0.1) is 0 Å². The second-order valence-corrected chi connectivity index (χ2v) is 3.98. The largest absolute Gasteiger partial charge is 0.433 e. The average Bonchev–Trinajstić information content (AvgIpc) is 2.38. The van der Waals surface area contributed by atoms with Gasteiger partial charge < -0.3 is 0 Å². The summed E-state index contributed by atoms with van der Waals surface area (Å²) in [5, 5.41) is 0. The number of alkyl halides is 3. The normalized spacial score (nSPS) is 11.6. The predicted octanol–water partition coefficient (Wildman–Crippen LogP) is 4.33. The van der Waals surface area contributed by atoms with Gasteiger partial charge >= 0.3 is 6.18 Å². The highest BCUT2D eigenvalue weighted by atomic mass is 19.4. The molecule has 94 valence electrons. The number of hydrogen-bond acceptors (Lipinski definition) is 1. The van der Waals surface area contributed by atoms with E-state index in [9.17, 15) is 13.2 Å². The Morgan fingerprint density at radius 2 is 1.67 bits per heavy atom. The minimum atomic E-state index is -4.40. The zero-order chi connectivity index (χ0) is 13.2. The van der Waals surface area contributed by atoms with Crippen molar-refractivity contribution in [2.75, 3.05) is 0 Å². The summed E-state index contributed by atoms with van der Waals surface area (Å²) < 4.78 is 37.6. The number of hydrogen-bond donors (Lipinski definition) is 0. The Labute approximate surface area is 103 Å². The van der Waals surface area contributed by atoms with Gasteiger partial charge in [-0.3, -0.25) is 4.98 Å². The van der Waals surface area contributed by atoms with Crippen molar-refractivity contribution in [1.82, 2.24) is 4.98 Å². The minimum Gasteiger partial charge on any atom is -0.252 e. The summed E-state index contributed by atoms with van der Waals surface area (Å²) in [5.74, 6) is 0. The summed E-state index contributed by atoms with van der Waals surface area (Å²) >= 11 is 0. The van der Waals surface area contributed by atoms with Crippen molar-refractivity contribution in [3.8, 4) is 11.1 Å². The summed E-state index contributed by atoms with van der Waals surface area (Å²) in [6.07, 6.45) is -2.31. The topological polar surface area (TPSA) is 12.9 Å². The van der Waals surface area contributed by atoms with Crippen LogP contribution in [0.1, 0.15) is 18.2 Å². The maximum absolute atomic E-state index is 12.5. The monoisotopic (exact) mass is 251 g/mol. The molecule has 2 aromatic rings. The SMILES string of the molecule is CCc1ccc(-c2ccnc(C(F)(F)F)c2)cc1. The number of aryl methyl sites for hydroxylation is 1. The Bertz CT molecular complexity index is 529. The molecule has 0 aliphatic carbocycles. The Morgan fingerprint density at radius 1 is 1.00 bits per heavy atom. The lowest BCUT2D eigenvalue weighted by atomic mass is 10.0. The van der Waals surface area contributed by atoms with Crippen LogP contribution in [-0.2, 0) is 12.6 Å². The van der Waals surface area contributed by atoms with E-state index in [2.05, 4.69) is 4.98 Å². The van der Waals surface area contributed by atoms with E-state index < -0.39 is 11.9 Å². The van der Waals surface area contributed by atoms with Crippen molar-refractivity contribution >= 4 is 0 Å². The summed E-state index contributed by atoms with van der Waals surface area (Å²) in [5.41, 5.74) is 1.59. The van der Waals surface area contributed by atoms with E-state index in [4.69, 9.17) is 0 Å². The summed E-state index contributed by atoms with van der Waals surface area (Å²) in [7, 11) is 0. The molecule has 0 saturated heterocycles. The number of benzene rings is 1. The molecule has 1 nitrogen and oxygen atoms in total. The third-order valence-corrected chi connectivity index (χ3v) is 2.75. The lowest BCUT2D eigenvalue weighted by Gasteiger charge is -2.08. The molecule has 0 aliphatic heterocycles. The minimum absolute atomic E-state index is 0.528. The average molecular weight is 251 g/mol. The van der Waals surface area contributed by atoms with Gasteiger partial charge in [0.15, 0.2) is 0 Å². The summed E-state index contributed by atoms with van der Waals surface area (Å²) in [6.45, 7) is 2.03. The van der Waals surface area contributed by atoms with Crippen LogP contribution in [0.3, 0.4) is 0 Å². The maximum Gasteiger partial charge on any atom is 0.433 e. The number of aromatic nitrogens is 1. The molecular formula is C14H12F3N. The molecule has 18 heavy (non-hydrogen) atoms. The molecule has 1 aromatic heterocycles. The standard InChI is InChI=1S/C14H12F3N/c1-2-10-3-5-11(6-4-10)12-7-8-18-13(9-12)14(15,16)17/h3-9H,2H2,1H3. The van der Waals surface area contributed by atoms with Gasteiger partial charge in [0.2, 0.25) is 0 Å². The van der Waals surface area contributed by atoms with E-state index in [0.29, 0.717) is 5.56 Å². The zero-order valence-corrected chi connectivity index (χ0v) is 9.83. The molecule has 0 aliphatic rings. The van der Waals surface area contributed by atoms with Crippen LogP contribution in [0, 0.1) is 0 Å². The number of rotatable bonds is 2. The first-order valence-corrected chi connectivity index (χ1v) is 5.63. The van der Waals surface area contributed by atoms with Gasteiger partial charge in [-0.25, -0.2) is 0 Å². The van der Waals surface area contributed by atoms with E-state index >= 15 is 0 Å². The van der Waals surface area contributed by atoms with Crippen LogP contribution in [0.4, 0.5) is 13.2 Å². The number of pyridine rings is 1. The van der Waals surface area contributed by atoms with Gasteiger partial charge in [-0.1, -0.05) is 31.2 Å². The lowest BCUT2D eigenvalue weighted by Crippen LogP contribution is -2.07. The molecule has 0 bridgehead atoms. The third-order valence-electron chi connectivity index (χ3n) is 2.75. The first-order chi connectivity index (χ1) is 8.50. The van der Waals surface area contributed by atoms with E-state index in [0.717, 1.165) is 23.6 Å². The van der Waals surface area contributed by atoms with Gasteiger partial charge in [-0.2, -0.15) is 13.2 Å². The highest BCUT2D eigenvalue weighted by molar-refractivity contribution is 5.63.